The minimum atomic E-state index is 0.00532. The molecule has 0 bridgehead atoms. The molecule has 0 radical (unpaired) electrons. The Bertz CT molecular complexity index is 1070. The Hall–Kier alpha value is -2.88. The van der Waals surface area contributed by atoms with Crippen molar-refractivity contribution in [3.63, 3.8) is 0 Å². The number of aromatic amines is 1. The summed E-state index contributed by atoms with van der Waals surface area (Å²) in [6.45, 7) is 2.38. The van der Waals surface area contributed by atoms with Crippen LogP contribution in [0.15, 0.2) is 18.3 Å². The maximum absolute atomic E-state index is 12.6. The van der Waals surface area contributed by atoms with Crippen LogP contribution in [0, 0.1) is 5.41 Å². The highest BCUT2D eigenvalue weighted by Crippen LogP contribution is 2.48. The van der Waals surface area contributed by atoms with Gasteiger partial charge in [0.1, 0.15) is 5.82 Å². The summed E-state index contributed by atoms with van der Waals surface area (Å²) in [6, 6.07) is 4.85. The molecule has 1 spiro atoms. The lowest BCUT2D eigenvalue weighted by molar-refractivity contribution is 0.0171. The van der Waals surface area contributed by atoms with Crippen LogP contribution >= 0.6 is 0 Å². The summed E-state index contributed by atoms with van der Waals surface area (Å²) in [5.41, 5.74) is 1.70. The molecule has 3 heterocycles. The molecule has 0 atom stereocenters. The lowest BCUT2D eigenvalue weighted by Gasteiger charge is -2.52. The molecule has 2 amide bonds. The van der Waals surface area contributed by atoms with E-state index >= 15 is 0 Å². The van der Waals surface area contributed by atoms with Crippen molar-refractivity contribution in [1.82, 2.24) is 35.7 Å². The highest BCUT2D eigenvalue weighted by atomic mass is 16.2. The van der Waals surface area contributed by atoms with E-state index in [4.69, 9.17) is 0 Å². The predicted molar refractivity (Wildman–Crippen MR) is 149 cm³/mol. The van der Waals surface area contributed by atoms with E-state index in [2.05, 4.69) is 59.4 Å². The van der Waals surface area contributed by atoms with E-state index in [1.165, 1.54) is 57.3 Å². The Kier molecular flexibility index (Phi) is 7.41. The van der Waals surface area contributed by atoms with Crippen molar-refractivity contribution in [3.8, 4) is 0 Å². The summed E-state index contributed by atoms with van der Waals surface area (Å²) in [4.78, 5) is 24.1. The number of anilines is 3. The Morgan fingerprint density at radius 3 is 2.45 bits per heavy atom. The Labute approximate surface area is 225 Å². The molecule has 4 fully saturated rings. The average molecular weight is 522 g/mol. The summed E-state index contributed by atoms with van der Waals surface area (Å²) in [7, 11) is 2.20. The van der Waals surface area contributed by atoms with Crippen LogP contribution in [-0.2, 0) is 0 Å². The number of H-pyrrole nitrogens is 1. The van der Waals surface area contributed by atoms with Crippen LogP contribution in [0.3, 0.4) is 0 Å². The molecule has 10 nitrogen and oxygen atoms in total. The first-order valence-corrected chi connectivity index (χ1v) is 14.7. The van der Waals surface area contributed by atoms with Crippen molar-refractivity contribution in [3.05, 3.63) is 24.0 Å². The number of rotatable bonds is 7. The number of nitrogens with one attached hydrogen (secondary N) is 5. The molecule has 1 saturated heterocycles. The molecule has 6 rings (SSSR count). The molecule has 2 aromatic rings. The number of likely N-dealkylation sites (tertiary alicyclic amines) is 1. The van der Waals surface area contributed by atoms with Crippen LogP contribution in [-0.4, -0.2) is 69.4 Å². The summed E-state index contributed by atoms with van der Waals surface area (Å²) < 4.78 is 0. The van der Waals surface area contributed by atoms with Gasteiger partial charge in [0.05, 0.1) is 0 Å². The standard InChI is InChI=1S/C28H43N9O/c1-37-14-11-28(12-15-37)17-22(18-28)32-27(38)31-21-8-6-20(7-9-21)30-26-29-13-10-24(34-26)33-25-16-23(35-36-25)19-4-2-3-5-19/h10,13,16,19-22H,2-9,11-12,14-15,17-18H2,1H3,(H2,31,32,38)(H3,29,30,33,34,35,36)/t20-,21-. The average Bonchev–Trinajstić information content (AvgIpc) is 3.58. The highest BCUT2D eigenvalue weighted by molar-refractivity contribution is 5.74. The SMILES string of the molecule is CN1CCC2(CC1)CC(NC(=O)N[C@H]1CC[C@H](Nc3nccc(Nc4cc(C5CCCC5)[nH]n4)n3)CC1)C2. The van der Waals surface area contributed by atoms with Gasteiger partial charge in [0, 0.05) is 42.0 Å². The zero-order valence-corrected chi connectivity index (χ0v) is 22.6. The number of urea groups is 1. The zero-order valence-electron chi connectivity index (χ0n) is 22.6. The molecule has 0 unspecified atom stereocenters. The third-order valence-corrected chi connectivity index (χ3v) is 9.44. The van der Waals surface area contributed by atoms with Crippen molar-refractivity contribution in [2.75, 3.05) is 30.8 Å². The second-order valence-electron chi connectivity index (χ2n) is 12.3. The number of nitrogens with zero attached hydrogens (tertiary/aromatic N) is 4. The van der Waals surface area contributed by atoms with Gasteiger partial charge in [0.25, 0.3) is 0 Å². The zero-order chi connectivity index (χ0) is 26.0. The van der Waals surface area contributed by atoms with Crippen molar-refractivity contribution >= 4 is 23.6 Å². The normalized spacial score (nSPS) is 26.1. The second-order valence-corrected chi connectivity index (χ2v) is 12.3. The van der Waals surface area contributed by atoms with Gasteiger partial charge in [-0.2, -0.15) is 10.1 Å². The van der Waals surface area contributed by atoms with Crippen LogP contribution < -0.4 is 21.3 Å². The van der Waals surface area contributed by atoms with Gasteiger partial charge in [-0.1, -0.05) is 12.8 Å². The Balaban J connectivity index is 0.914. The summed E-state index contributed by atoms with van der Waals surface area (Å²) in [5, 5.41) is 20.9. The van der Waals surface area contributed by atoms with E-state index < -0.39 is 0 Å². The molecule has 1 aliphatic heterocycles. The van der Waals surface area contributed by atoms with Crippen LogP contribution in [0.2, 0.25) is 0 Å². The van der Waals surface area contributed by atoms with E-state index in [0.29, 0.717) is 29.4 Å². The monoisotopic (exact) mass is 521 g/mol. The quantitative estimate of drug-likeness (QED) is 0.364. The molecule has 3 saturated carbocycles. The van der Waals surface area contributed by atoms with E-state index in [9.17, 15) is 4.79 Å². The molecular weight excluding hydrogens is 478 g/mol. The van der Waals surface area contributed by atoms with E-state index in [1.807, 2.05) is 6.07 Å². The highest BCUT2D eigenvalue weighted by Gasteiger charge is 2.45. The van der Waals surface area contributed by atoms with Crippen molar-refractivity contribution in [1.29, 1.82) is 0 Å². The number of carbonyl (C=O) groups is 1. The second kappa shape index (κ2) is 11.1. The van der Waals surface area contributed by atoms with Crippen LogP contribution in [0.5, 0.6) is 0 Å². The number of piperidine rings is 1. The molecule has 5 N–H and O–H groups in total. The molecular formula is C28H43N9O. The predicted octanol–water partition coefficient (Wildman–Crippen LogP) is 4.50. The maximum Gasteiger partial charge on any atom is 0.315 e. The molecule has 38 heavy (non-hydrogen) atoms. The summed E-state index contributed by atoms with van der Waals surface area (Å²) in [5.74, 6) is 2.76. The van der Waals surface area contributed by atoms with Gasteiger partial charge >= 0.3 is 6.03 Å². The first-order chi connectivity index (χ1) is 18.5. The third kappa shape index (κ3) is 6.06. The van der Waals surface area contributed by atoms with Crippen molar-refractivity contribution in [2.45, 2.75) is 101 Å². The summed E-state index contributed by atoms with van der Waals surface area (Å²) >= 11 is 0. The largest absolute Gasteiger partial charge is 0.351 e. The van der Waals surface area contributed by atoms with E-state index in [0.717, 1.165) is 50.2 Å². The Morgan fingerprint density at radius 2 is 1.68 bits per heavy atom. The van der Waals surface area contributed by atoms with Crippen molar-refractivity contribution in [2.24, 2.45) is 5.41 Å². The Morgan fingerprint density at radius 1 is 0.974 bits per heavy atom. The van der Waals surface area contributed by atoms with Gasteiger partial charge in [-0.3, -0.25) is 5.10 Å². The molecule has 3 aliphatic carbocycles. The number of amides is 2. The topological polar surface area (TPSA) is 123 Å². The number of aromatic nitrogens is 4. The van der Waals surface area contributed by atoms with Gasteiger partial charge in [0.15, 0.2) is 5.82 Å². The number of hydrogen-bond donors (Lipinski definition) is 5. The van der Waals surface area contributed by atoms with Gasteiger partial charge < -0.3 is 26.2 Å². The minimum Gasteiger partial charge on any atom is -0.351 e. The van der Waals surface area contributed by atoms with E-state index in [-0.39, 0.29) is 12.1 Å². The lowest BCUT2D eigenvalue weighted by Crippen LogP contribution is -2.57. The first-order valence-electron chi connectivity index (χ1n) is 14.7. The molecule has 0 aromatic carbocycles. The van der Waals surface area contributed by atoms with Crippen LogP contribution in [0.1, 0.15) is 88.7 Å². The number of carbonyl (C=O) groups excluding carboxylic acids is 1. The van der Waals surface area contributed by atoms with Gasteiger partial charge in [-0.05, 0) is 95.8 Å². The first kappa shape index (κ1) is 25.4. The minimum absolute atomic E-state index is 0.00532. The van der Waals surface area contributed by atoms with Crippen LogP contribution in [0.25, 0.3) is 0 Å². The fourth-order valence-electron chi connectivity index (χ4n) is 7.04. The smallest absolute Gasteiger partial charge is 0.315 e. The molecule has 4 aliphatic rings. The number of hydrogen-bond acceptors (Lipinski definition) is 7. The fourth-order valence-corrected chi connectivity index (χ4v) is 7.04. The van der Waals surface area contributed by atoms with E-state index in [1.54, 1.807) is 6.20 Å². The molecule has 10 heteroatoms. The van der Waals surface area contributed by atoms with Gasteiger partial charge in [0.2, 0.25) is 5.95 Å². The molecule has 2 aromatic heterocycles. The third-order valence-electron chi connectivity index (χ3n) is 9.44. The van der Waals surface area contributed by atoms with Crippen molar-refractivity contribution < 1.29 is 4.79 Å². The van der Waals surface area contributed by atoms with Crippen LogP contribution in [0.4, 0.5) is 22.4 Å². The molecule has 206 valence electrons. The lowest BCUT2D eigenvalue weighted by atomic mass is 9.60. The van der Waals surface area contributed by atoms with Gasteiger partial charge in [-0.15, -0.1) is 0 Å². The van der Waals surface area contributed by atoms with Gasteiger partial charge in [-0.25, -0.2) is 9.78 Å². The summed E-state index contributed by atoms with van der Waals surface area (Å²) in [6.07, 6.45) is 15.6. The fraction of sp³-hybridized carbons (Fsp3) is 0.714. The maximum atomic E-state index is 12.6.